The lowest BCUT2D eigenvalue weighted by Gasteiger charge is -2.28. The predicted octanol–water partition coefficient (Wildman–Crippen LogP) is 17.2. The second-order valence-electron chi connectivity index (χ2n) is 16.0. The third-order valence-corrected chi connectivity index (χ3v) is 12.5. The molecule has 12 rings (SSSR count). The molecule has 290 valence electrons. The fourth-order valence-corrected chi connectivity index (χ4v) is 9.64. The second kappa shape index (κ2) is 14.8. The van der Waals surface area contributed by atoms with Crippen molar-refractivity contribution < 1.29 is 4.42 Å². The van der Waals surface area contributed by atoms with Gasteiger partial charge >= 0.3 is 0 Å². The van der Waals surface area contributed by atoms with Crippen molar-refractivity contribution in [2.45, 2.75) is 0 Å². The summed E-state index contributed by atoms with van der Waals surface area (Å²) in [4.78, 5) is 2.39. The summed E-state index contributed by atoms with van der Waals surface area (Å²) in [6.07, 6.45) is 0. The van der Waals surface area contributed by atoms with Crippen molar-refractivity contribution in [1.29, 1.82) is 0 Å². The number of para-hydroxylation sites is 2. The highest BCUT2D eigenvalue weighted by atomic mass is 16.3. The molecule has 0 unspecified atom stereocenters. The Bertz CT molecular complexity index is 3610. The molecular formula is C60H39NO. The molecule has 11 aromatic carbocycles. The largest absolute Gasteiger partial charge is 0.453 e. The summed E-state index contributed by atoms with van der Waals surface area (Å²) >= 11 is 0. The Labute approximate surface area is 360 Å². The van der Waals surface area contributed by atoms with E-state index in [0.717, 1.165) is 61.1 Å². The number of anilines is 3. The molecule has 0 aliphatic carbocycles. The number of benzene rings is 11. The standard InChI is InChI=1S/C60H39NO/c1-3-16-41(17-4-1)47-27-12-22-44-23-13-28-48(58(44)47)43-34-36-45(37-35-43)61(57-33-15-32-55-54-31-14-29-49(59(54)62-60(55)57)42-18-5-2-6-19-42)56-39-38-52(51-25-9-10-26-53(51)56)50-30-11-21-40-20-7-8-24-46(40)50/h1-39H. The van der Waals surface area contributed by atoms with Crippen molar-refractivity contribution in [2.75, 3.05) is 4.90 Å². The topological polar surface area (TPSA) is 16.4 Å². The van der Waals surface area contributed by atoms with Crippen LogP contribution in [0.15, 0.2) is 241 Å². The van der Waals surface area contributed by atoms with E-state index in [0.29, 0.717) is 0 Å². The summed E-state index contributed by atoms with van der Waals surface area (Å²) in [7, 11) is 0. The Balaban J connectivity index is 1.08. The van der Waals surface area contributed by atoms with Gasteiger partial charge in [-0.1, -0.05) is 212 Å². The van der Waals surface area contributed by atoms with E-state index in [4.69, 9.17) is 4.42 Å². The van der Waals surface area contributed by atoms with E-state index in [9.17, 15) is 0 Å². The molecule has 12 aromatic rings. The first-order chi connectivity index (χ1) is 30.8. The third-order valence-electron chi connectivity index (χ3n) is 12.5. The fraction of sp³-hybridized carbons (Fsp3) is 0. The van der Waals surface area contributed by atoms with Crippen LogP contribution in [0.4, 0.5) is 17.1 Å². The molecule has 0 radical (unpaired) electrons. The van der Waals surface area contributed by atoms with Gasteiger partial charge in [-0.15, -0.1) is 0 Å². The Morgan fingerprint density at radius 1 is 0.258 bits per heavy atom. The molecule has 2 heteroatoms. The smallest absolute Gasteiger partial charge is 0.159 e. The molecule has 0 fully saturated rings. The molecule has 62 heavy (non-hydrogen) atoms. The van der Waals surface area contributed by atoms with Crippen molar-refractivity contribution in [3.05, 3.63) is 237 Å². The van der Waals surface area contributed by atoms with Gasteiger partial charge in [0.05, 0.1) is 11.4 Å². The first-order valence-electron chi connectivity index (χ1n) is 21.3. The highest BCUT2D eigenvalue weighted by molar-refractivity contribution is 6.16. The SMILES string of the molecule is c1ccc(-c2cccc3c2oc2c(N(c4ccc(-c5cccc6cccc(-c7ccccc7)c56)cc4)c4ccc(-c5cccc6ccccc56)c5ccccc45)cccc23)cc1. The van der Waals surface area contributed by atoms with E-state index in [1.54, 1.807) is 0 Å². The second-order valence-corrected chi connectivity index (χ2v) is 16.0. The number of hydrogen-bond donors (Lipinski definition) is 0. The molecule has 1 aromatic heterocycles. The van der Waals surface area contributed by atoms with Gasteiger partial charge in [-0.25, -0.2) is 0 Å². The quantitative estimate of drug-likeness (QED) is 0.160. The predicted molar refractivity (Wildman–Crippen MR) is 263 cm³/mol. The van der Waals surface area contributed by atoms with E-state index in [1.165, 1.54) is 54.7 Å². The number of hydrogen-bond acceptors (Lipinski definition) is 2. The fourth-order valence-electron chi connectivity index (χ4n) is 9.64. The number of furan rings is 1. The average Bonchev–Trinajstić information content (AvgIpc) is 3.74. The van der Waals surface area contributed by atoms with Crippen LogP contribution in [0.25, 0.3) is 98.8 Å². The van der Waals surface area contributed by atoms with Gasteiger partial charge in [0.15, 0.2) is 5.58 Å². The van der Waals surface area contributed by atoms with Crippen molar-refractivity contribution in [2.24, 2.45) is 0 Å². The van der Waals surface area contributed by atoms with Crippen molar-refractivity contribution >= 4 is 71.3 Å². The Morgan fingerprint density at radius 2 is 0.742 bits per heavy atom. The summed E-state index contributed by atoms with van der Waals surface area (Å²) in [5.74, 6) is 0. The molecule has 1 heterocycles. The van der Waals surface area contributed by atoms with E-state index in [-0.39, 0.29) is 0 Å². The summed E-state index contributed by atoms with van der Waals surface area (Å²) in [6.45, 7) is 0. The van der Waals surface area contributed by atoms with Gasteiger partial charge < -0.3 is 9.32 Å². The normalized spacial score (nSPS) is 11.5. The Morgan fingerprint density at radius 3 is 1.47 bits per heavy atom. The Kier molecular flexibility index (Phi) is 8.53. The lowest BCUT2D eigenvalue weighted by atomic mass is 9.91. The number of nitrogens with zero attached hydrogens (tertiary/aromatic N) is 1. The molecule has 0 amide bonds. The molecule has 0 aliphatic heterocycles. The van der Waals surface area contributed by atoms with Gasteiger partial charge in [-0.05, 0) is 90.1 Å². The minimum absolute atomic E-state index is 0.846. The average molecular weight is 790 g/mol. The lowest BCUT2D eigenvalue weighted by molar-refractivity contribution is 0.670. The van der Waals surface area contributed by atoms with Crippen LogP contribution in [-0.2, 0) is 0 Å². The maximum atomic E-state index is 7.10. The zero-order chi connectivity index (χ0) is 41.0. The molecule has 0 bridgehead atoms. The zero-order valence-electron chi connectivity index (χ0n) is 33.9. The van der Waals surface area contributed by atoms with Crippen LogP contribution < -0.4 is 4.90 Å². The van der Waals surface area contributed by atoms with Crippen molar-refractivity contribution in [3.63, 3.8) is 0 Å². The van der Waals surface area contributed by atoms with Gasteiger partial charge in [-0.3, -0.25) is 0 Å². The first kappa shape index (κ1) is 35.7. The maximum absolute atomic E-state index is 7.10. The number of fused-ring (bicyclic) bond motifs is 6. The van der Waals surface area contributed by atoms with Gasteiger partial charge in [0.25, 0.3) is 0 Å². The summed E-state index contributed by atoms with van der Waals surface area (Å²) in [5.41, 5.74) is 14.3. The highest BCUT2D eigenvalue weighted by Crippen LogP contribution is 2.48. The monoisotopic (exact) mass is 789 g/mol. The first-order valence-corrected chi connectivity index (χ1v) is 21.3. The molecule has 0 saturated carbocycles. The van der Waals surface area contributed by atoms with Crippen LogP contribution in [-0.4, -0.2) is 0 Å². The molecule has 2 nitrogen and oxygen atoms in total. The molecular weight excluding hydrogens is 751 g/mol. The molecule has 0 aliphatic rings. The molecule has 0 N–H and O–H groups in total. The van der Waals surface area contributed by atoms with E-state index in [2.05, 4.69) is 241 Å². The summed E-state index contributed by atoms with van der Waals surface area (Å²) in [6, 6.07) is 85.3. The van der Waals surface area contributed by atoms with Crippen LogP contribution in [0.5, 0.6) is 0 Å². The summed E-state index contributed by atoms with van der Waals surface area (Å²) in [5, 5.41) is 9.47. The molecule has 0 spiro atoms. The minimum atomic E-state index is 0.846. The van der Waals surface area contributed by atoms with Crippen LogP contribution in [0.3, 0.4) is 0 Å². The Hall–Kier alpha value is -8.20. The summed E-state index contributed by atoms with van der Waals surface area (Å²) < 4.78 is 7.10. The molecule has 0 saturated heterocycles. The van der Waals surface area contributed by atoms with Crippen molar-refractivity contribution in [3.8, 4) is 44.5 Å². The zero-order valence-corrected chi connectivity index (χ0v) is 33.9. The van der Waals surface area contributed by atoms with Crippen LogP contribution in [0, 0.1) is 0 Å². The van der Waals surface area contributed by atoms with E-state index < -0.39 is 0 Å². The minimum Gasteiger partial charge on any atom is -0.453 e. The molecule has 0 atom stereocenters. The van der Waals surface area contributed by atoms with Crippen LogP contribution in [0.1, 0.15) is 0 Å². The van der Waals surface area contributed by atoms with Crippen LogP contribution in [0.2, 0.25) is 0 Å². The van der Waals surface area contributed by atoms with E-state index in [1.807, 2.05) is 0 Å². The van der Waals surface area contributed by atoms with Crippen molar-refractivity contribution in [1.82, 2.24) is 0 Å². The van der Waals surface area contributed by atoms with Gasteiger partial charge in [0, 0.05) is 27.4 Å². The van der Waals surface area contributed by atoms with Gasteiger partial charge in [-0.2, -0.15) is 0 Å². The maximum Gasteiger partial charge on any atom is 0.159 e. The van der Waals surface area contributed by atoms with Crippen LogP contribution >= 0.6 is 0 Å². The lowest BCUT2D eigenvalue weighted by Crippen LogP contribution is -2.11. The van der Waals surface area contributed by atoms with Gasteiger partial charge in [0.1, 0.15) is 5.58 Å². The highest BCUT2D eigenvalue weighted by Gasteiger charge is 2.23. The van der Waals surface area contributed by atoms with Gasteiger partial charge in [0.2, 0.25) is 0 Å². The third kappa shape index (κ3) is 5.88. The van der Waals surface area contributed by atoms with E-state index >= 15 is 0 Å². The number of rotatable bonds is 7.